The summed E-state index contributed by atoms with van der Waals surface area (Å²) in [6.45, 7) is 1.51. The number of nitrogens with one attached hydrogen (secondary N) is 1. The Morgan fingerprint density at radius 1 is 1.38 bits per heavy atom. The minimum atomic E-state index is -0.654. The van der Waals surface area contributed by atoms with Crippen molar-refractivity contribution >= 4 is 44.8 Å². The second-order valence-electron chi connectivity index (χ2n) is 5.95. The maximum Gasteiger partial charge on any atom is 0.230 e. The zero-order valence-electron chi connectivity index (χ0n) is 14.3. The maximum absolute atomic E-state index is 12.1. The fourth-order valence-corrected chi connectivity index (χ4v) is 2.89. The number of halogens is 1. The molecule has 7 nitrogen and oxygen atoms in total. The van der Waals surface area contributed by atoms with Gasteiger partial charge in [-0.1, -0.05) is 0 Å². The Bertz CT molecular complexity index is 968. The molecular formula is C18H17BrN4O3. The van der Waals surface area contributed by atoms with Gasteiger partial charge in [-0.05, 0) is 54.3 Å². The van der Waals surface area contributed by atoms with Gasteiger partial charge in [-0.25, -0.2) is 9.97 Å². The van der Waals surface area contributed by atoms with Gasteiger partial charge in [0.15, 0.2) is 11.9 Å². The molecule has 26 heavy (non-hydrogen) atoms. The number of benzene rings is 1. The molecule has 8 heteroatoms. The van der Waals surface area contributed by atoms with Crippen molar-refractivity contribution in [3.05, 3.63) is 40.6 Å². The number of hydrogen-bond donors (Lipinski definition) is 1. The van der Waals surface area contributed by atoms with Crippen LogP contribution in [0, 0.1) is 0 Å². The summed E-state index contributed by atoms with van der Waals surface area (Å²) in [5.74, 6) is -0.329. The van der Waals surface area contributed by atoms with E-state index in [4.69, 9.17) is 4.42 Å². The Hall–Kier alpha value is -2.58. The van der Waals surface area contributed by atoms with Crippen molar-refractivity contribution < 1.29 is 14.0 Å². The standard InChI is InChI=1S/C18H17BrN4O3/c1-23(2)7-6-20-11-8-13(15(25)10-24)16-14(9-11)22-18(26-16)12-4-3-5-21-17(12)19/h3-5,8-10,20H,6-7H2,1-2H3. The summed E-state index contributed by atoms with van der Waals surface area (Å²) in [5.41, 5.74) is 2.33. The highest BCUT2D eigenvalue weighted by Gasteiger charge is 2.19. The summed E-state index contributed by atoms with van der Waals surface area (Å²) in [7, 11) is 3.95. The second kappa shape index (κ2) is 7.76. The smallest absolute Gasteiger partial charge is 0.230 e. The van der Waals surface area contributed by atoms with Crippen molar-refractivity contribution in [2.75, 3.05) is 32.5 Å². The summed E-state index contributed by atoms with van der Waals surface area (Å²) in [4.78, 5) is 33.8. The predicted octanol–water partition coefficient (Wildman–Crippen LogP) is 3.01. The maximum atomic E-state index is 12.1. The highest BCUT2D eigenvalue weighted by molar-refractivity contribution is 9.10. The van der Waals surface area contributed by atoms with Gasteiger partial charge in [0, 0.05) is 25.0 Å². The Morgan fingerprint density at radius 3 is 2.88 bits per heavy atom. The number of carbonyl (C=O) groups excluding carboxylic acids is 2. The molecule has 0 aliphatic carbocycles. The molecule has 0 unspecified atom stereocenters. The molecule has 0 atom stereocenters. The van der Waals surface area contributed by atoms with Crippen molar-refractivity contribution in [2.24, 2.45) is 0 Å². The number of pyridine rings is 1. The van der Waals surface area contributed by atoms with Gasteiger partial charge in [-0.3, -0.25) is 9.59 Å². The average Bonchev–Trinajstić information content (AvgIpc) is 3.04. The van der Waals surface area contributed by atoms with Crippen LogP contribution in [0.5, 0.6) is 0 Å². The fourth-order valence-electron chi connectivity index (χ4n) is 2.47. The van der Waals surface area contributed by atoms with Gasteiger partial charge in [-0.2, -0.15) is 0 Å². The lowest BCUT2D eigenvalue weighted by Gasteiger charge is -2.11. The van der Waals surface area contributed by atoms with Gasteiger partial charge >= 0.3 is 0 Å². The van der Waals surface area contributed by atoms with Crippen LogP contribution in [0.3, 0.4) is 0 Å². The van der Waals surface area contributed by atoms with Crippen LogP contribution in [0.2, 0.25) is 0 Å². The van der Waals surface area contributed by atoms with Gasteiger partial charge in [0.05, 0.1) is 11.1 Å². The van der Waals surface area contributed by atoms with E-state index in [1.165, 1.54) is 0 Å². The normalized spacial score (nSPS) is 11.1. The van der Waals surface area contributed by atoms with Crippen LogP contribution in [0.1, 0.15) is 10.4 Å². The number of carbonyl (C=O) groups is 2. The highest BCUT2D eigenvalue weighted by atomic mass is 79.9. The van der Waals surface area contributed by atoms with Gasteiger partial charge in [0.25, 0.3) is 0 Å². The van der Waals surface area contributed by atoms with Crippen LogP contribution >= 0.6 is 15.9 Å². The first-order chi connectivity index (χ1) is 12.5. The molecule has 2 aromatic heterocycles. The molecule has 0 spiro atoms. The predicted molar refractivity (Wildman–Crippen MR) is 102 cm³/mol. The van der Waals surface area contributed by atoms with E-state index >= 15 is 0 Å². The van der Waals surface area contributed by atoms with Crippen LogP contribution in [0.4, 0.5) is 5.69 Å². The average molecular weight is 417 g/mol. The summed E-state index contributed by atoms with van der Waals surface area (Å²) in [6, 6.07) is 6.98. The van der Waals surface area contributed by atoms with Crippen LogP contribution in [-0.4, -0.2) is 54.1 Å². The van der Waals surface area contributed by atoms with E-state index in [0.29, 0.717) is 33.8 Å². The second-order valence-corrected chi connectivity index (χ2v) is 6.70. The third kappa shape index (κ3) is 3.81. The minimum Gasteiger partial charge on any atom is -0.435 e. The number of Topliss-reactive ketones (excluding diaryl/α,β-unsaturated/α-hetero) is 1. The molecule has 0 amide bonds. The van der Waals surface area contributed by atoms with Crippen molar-refractivity contribution in [3.63, 3.8) is 0 Å². The van der Waals surface area contributed by atoms with Crippen molar-refractivity contribution in [2.45, 2.75) is 0 Å². The lowest BCUT2D eigenvalue weighted by molar-refractivity contribution is -0.104. The minimum absolute atomic E-state index is 0.184. The molecule has 3 aromatic rings. The van der Waals surface area contributed by atoms with E-state index in [2.05, 4.69) is 31.2 Å². The zero-order valence-corrected chi connectivity index (χ0v) is 15.9. The first-order valence-corrected chi connectivity index (χ1v) is 8.72. The number of anilines is 1. The van der Waals surface area contributed by atoms with Crippen LogP contribution in [0.15, 0.2) is 39.5 Å². The molecule has 1 aromatic carbocycles. The molecule has 0 saturated carbocycles. The van der Waals surface area contributed by atoms with E-state index in [9.17, 15) is 9.59 Å². The van der Waals surface area contributed by atoms with E-state index in [1.54, 1.807) is 30.5 Å². The van der Waals surface area contributed by atoms with Crippen molar-refractivity contribution in [1.82, 2.24) is 14.9 Å². The van der Waals surface area contributed by atoms with Crippen LogP contribution in [0.25, 0.3) is 22.6 Å². The quantitative estimate of drug-likeness (QED) is 0.274. The highest BCUT2D eigenvalue weighted by Crippen LogP contribution is 2.32. The number of likely N-dealkylation sites (N-methyl/N-ethyl adjacent to an activating group) is 1. The molecule has 0 bridgehead atoms. The Balaban J connectivity index is 2.07. The number of aldehydes is 1. The van der Waals surface area contributed by atoms with E-state index in [0.717, 1.165) is 6.54 Å². The summed E-state index contributed by atoms with van der Waals surface area (Å²) >= 11 is 3.36. The van der Waals surface area contributed by atoms with Crippen LogP contribution < -0.4 is 5.32 Å². The first-order valence-electron chi connectivity index (χ1n) is 7.93. The largest absolute Gasteiger partial charge is 0.435 e. The molecule has 134 valence electrons. The first kappa shape index (κ1) is 18.2. The van der Waals surface area contributed by atoms with E-state index in [-0.39, 0.29) is 17.4 Å². The SMILES string of the molecule is CN(C)CCNc1cc(C(=O)C=O)c2oc(-c3cccnc3Br)nc2c1. The van der Waals surface area contributed by atoms with E-state index < -0.39 is 5.78 Å². The van der Waals surface area contributed by atoms with Crippen LogP contribution in [-0.2, 0) is 4.79 Å². The summed E-state index contributed by atoms with van der Waals surface area (Å²) < 4.78 is 6.37. The molecule has 2 heterocycles. The molecule has 0 fully saturated rings. The molecule has 0 aliphatic heterocycles. The monoisotopic (exact) mass is 416 g/mol. The molecule has 3 rings (SSSR count). The molecule has 1 N–H and O–H groups in total. The van der Waals surface area contributed by atoms with Gasteiger partial charge in [0.2, 0.25) is 11.7 Å². The third-order valence-corrected chi connectivity index (χ3v) is 4.37. The lowest BCUT2D eigenvalue weighted by atomic mass is 10.1. The number of fused-ring (bicyclic) bond motifs is 1. The Kier molecular flexibility index (Phi) is 5.43. The number of oxazole rings is 1. The summed E-state index contributed by atoms with van der Waals surface area (Å²) in [6.07, 6.45) is 1.92. The number of ketones is 1. The molecule has 0 radical (unpaired) electrons. The topological polar surface area (TPSA) is 88.3 Å². The van der Waals surface area contributed by atoms with Crippen molar-refractivity contribution in [1.29, 1.82) is 0 Å². The Labute approximate surface area is 158 Å². The van der Waals surface area contributed by atoms with Gasteiger partial charge < -0.3 is 14.6 Å². The van der Waals surface area contributed by atoms with Gasteiger partial charge in [0.1, 0.15) is 10.1 Å². The summed E-state index contributed by atoms with van der Waals surface area (Å²) in [5, 5.41) is 3.23. The lowest BCUT2D eigenvalue weighted by Crippen LogP contribution is -2.20. The molecule has 0 aliphatic rings. The van der Waals surface area contributed by atoms with E-state index in [1.807, 2.05) is 19.0 Å². The number of aromatic nitrogens is 2. The molecular weight excluding hydrogens is 400 g/mol. The molecule has 0 saturated heterocycles. The number of hydrogen-bond acceptors (Lipinski definition) is 7. The fraction of sp³-hybridized carbons (Fsp3) is 0.222. The van der Waals surface area contributed by atoms with Crippen molar-refractivity contribution in [3.8, 4) is 11.5 Å². The number of nitrogens with zero attached hydrogens (tertiary/aromatic N) is 3. The van der Waals surface area contributed by atoms with Gasteiger partial charge in [-0.15, -0.1) is 0 Å². The third-order valence-electron chi connectivity index (χ3n) is 3.74. The zero-order chi connectivity index (χ0) is 18.7. The number of rotatable bonds is 7. The Morgan fingerprint density at radius 2 is 2.19 bits per heavy atom.